The molecule has 5 N–H and O–H groups in total. The number of nitrogens with one attached hydrogen (secondary N) is 4. The number of nitrogens with zero attached hydrogens (tertiary/aromatic N) is 1. The van der Waals surface area contributed by atoms with Gasteiger partial charge in [0.2, 0.25) is 29.5 Å². The Hall–Kier alpha value is -4.25. The molecule has 2 aromatic carbocycles. The van der Waals surface area contributed by atoms with Crippen molar-refractivity contribution < 1.29 is 29.2 Å². The maximum atomic E-state index is 13.9. The Bertz CT molecular complexity index is 1240. The number of carbonyl (C=O) groups is 5. The molecule has 42 heavy (non-hydrogen) atoms. The molecule has 4 rings (SSSR count). The molecule has 2 aliphatic rings. The van der Waals surface area contributed by atoms with Gasteiger partial charge in [0.25, 0.3) is 0 Å². The number of unbranched alkanes of at least 4 members (excludes halogenated alkanes) is 2. The van der Waals surface area contributed by atoms with Gasteiger partial charge in [-0.05, 0) is 36.8 Å². The van der Waals surface area contributed by atoms with Gasteiger partial charge in [0.1, 0.15) is 24.2 Å². The van der Waals surface area contributed by atoms with Crippen LogP contribution in [0.4, 0.5) is 0 Å². The predicted octanol–water partition coefficient (Wildman–Crippen LogP) is 1.39. The highest BCUT2D eigenvalue weighted by Gasteiger charge is 2.40. The van der Waals surface area contributed by atoms with Gasteiger partial charge in [0.15, 0.2) is 0 Å². The van der Waals surface area contributed by atoms with Crippen molar-refractivity contribution in [3.05, 3.63) is 71.8 Å². The van der Waals surface area contributed by atoms with Crippen molar-refractivity contribution in [2.75, 3.05) is 6.54 Å². The van der Waals surface area contributed by atoms with Gasteiger partial charge in [-0.3, -0.25) is 29.2 Å². The minimum absolute atomic E-state index is 0.141. The van der Waals surface area contributed by atoms with Crippen LogP contribution in [-0.4, -0.2) is 70.4 Å². The average molecular weight is 578 g/mol. The topological polar surface area (TPSA) is 157 Å². The first-order valence-electron chi connectivity index (χ1n) is 14.6. The molecule has 224 valence electrons. The fraction of sp³-hybridized carbons (Fsp3) is 0.452. The zero-order chi connectivity index (χ0) is 29.9. The normalized spacial score (nSPS) is 23.1. The number of fused-ring (bicyclic) bond motifs is 1. The highest BCUT2D eigenvalue weighted by molar-refractivity contribution is 5.98. The van der Waals surface area contributed by atoms with Crippen molar-refractivity contribution in [3.63, 3.8) is 0 Å². The molecule has 0 saturated carbocycles. The number of hydrogen-bond donors (Lipinski definition) is 5. The molecule has 0 aliphatic carbocycles. The molecule has 1 unspecified atom stereocenters. The van der Waals surface area contributed by atoms with Crippen molar-refractivity contribution in [2.24, 2.45) is 0 Å². The monoisotopic (exact) mass is 577 g/mol. The van der Waals surface area contributed by atoms with Crippen LogP contribution in [0.25, 0.3) is 0 Å². The summed E-state index contributed by atoms with van der Waals surface area (Å²) in [5.74, 6) is -2.17. The smallest absolute Gasteiger partial charge is 0.246 e. The van der Waals surface area contributed by atoms with E-state index in [2.05, 4.69) is 16.0 Å². The Labute approximate surface area is 245 Å². The lowest BCUT2D eigenvalue weighted by atomic mass is 10.00. The molecule has 0 aromatic heterocycles. The van der Waals surface area contributed by atoms with Crippen LogP contribution >= 0.6 is 0 Å². The number of carbonyl (C=O) groups excluding carboxylic acids is 5. The highest BCUT2D eigenvalue weighted by Crippen LogP contribution is 2.21. The largest absolute Gasteiger partial charge is 0.343 e. The molecule has 0 spiro atoms. The number of rotatable bonds is 10. The molecule has 0 bridgehead atoms. The van der Waals surface area contributed by atoms with E-state index >= 15 is 0 Å². The third-order valence-electron chi connectivity index (χ3n) is 7.81. The molecule has 2 heterocycles. The summed E-state index contributed by atoms with van der Waals surface area (Å²) in [5.41, 5.74) is 3.29. The fourth-order valence-corrected chi connectivity index (χ4v) is 5.56. The lowest BCUT2D eigenvalue weighted by Crippen LogP contribution is -2.61. The van der Waals surface area contributed by atoms with Crippen LogP contribution in [0.5, 0.6) is 0 Å². The summed E-state index contributed by atoms with van der Waals surface area (Å²) in [6, 6.07) is 15.1. The quantitative estimate of drug-likeness (QED) is 0.163. The Morgan fingerprint density at radius 1 is 0.762 bits per heavy atom. The van der Waals surface area contributed by atoms with E-state index in [-0.39, 0.29) is 31.6 Å². The van der Waals surface area contributed by atoms with Crippen molar-refractivity contribution in [3.8, 4) is 0 Å². The zero-order valence-corrected chi connectivity index (χ0v) is 23.6. The molecule has 11 nitrogen and oxygen atoms in total. The molecule has 2 saturated heterocycles. The highest BCUT2D eigenvalue weighted by atomic mass is 16.5. The maximum absolute atomic E-state index is 13.9. The van der Waals surface area contributed by atoms with Crippen LogP contribution in [0.15, 0.2) is 60.7 Å². The number of amides is 5. The van der Waals surface area contributed by atoms with Crippen LogP contribution in [0.3, 0.4) is 0 Å². The molecule has 2 aromatic rings. The van der Waals surface area contributed by atoms with Crippen molar-refractivity contribution in [1.29, 1.82) is 0 Å². The summed E-state index contributed by atoms with van der Waals surface area (Å²) in [7, 11) is 0. The Balaban J connectivity index is 1.59. The summed E-state index contributed by atoms with van der Waals surface area (Å²) in [5, 5.41) is 17.3. The first-order valence-corrected chi connectivity index (χ1v) is 14.6. The van der Waals surface area contributed by atoms with Crippen LogP contribution in [-0.2, 0) is 36.8 Å². The van der Waals surface area contributed by atoms with Crippen molar-refractivity contribution in [2.45, 2.75) is 82.0 Å². The summed E-state index contributed by atoms with van der Waals surface area (Å²) in [6.07, 6.45) is 3.60. The van der Waals surface area contributed by atoms with Crippen LogP contribution in [0, 0.1) is 0 Å². The standard InChI is InChI=1S/C31H39N5O6/c37-27(35-42)17-9-3-8-15-23-28(38)33-24(19-21-11-4-1-5-12-21)29(39)34-25(20-22-13-6-2-7-14-22)31(41)36-18-10-16-26(36)30(40)32-23/h1-2,4-7,11-14,23-26,42H,3,8-10,15-20H2,(H,32,40)(H,33,38)(H,34,39)(H,35,37)/t23-,24-,25-,26?/m0/s1. The van der Waals surface area contributed by atoms with E-state index in [1.807, 2.05) is 60.7 Å². The molecule has 2 fully saturated rings. The second-order valence-corrected chi connectivity index (χ2v) is 10.9. The van der Waals surface area contributed by atoms with E-state index in [9.17, 15) is 24.0 Å². The first kappa shape index (κ1) is 30.7. The summed E-state index contributed by atoms with van der Waals surface area (Å²) in [6.45, 7) is 0.384. The maximum Gasteiger partial charge on any atom is 0.246 e. The molecular formula is C31H39N5O6. The van der Waals surface area contributed by atoms with E-state index < -0.39 is 47.8 Å². The number of hydrogen-bond acceptors (Lipinski definition) is 6. The van der Waals surface area contributed by atoms with Gasteiger partial charge in [0, 0.05) is 25.8 Å². The lowest BCUT2D eigenvalue weighted by molar-refractivity contribution is -0.143. The van der Waals surface area contributed by atoms with Crippen LogP contribution in [0.1, 0.15) is 56.1 Å². The third-order valence-corrected chi connectivity index (χ3v) is 7.81. The molecule has 5 amide bonds. The zero-order valence-electron chi connectivity index (χ0n) is 23.6. The van der Waals surface area contributed by atoms with Crippen LogP contribution in [0.2, 0.25) is 0 Å². The molecule has 0 radical (unpaired) electrons. The lowest BCUT2D eigenvalue weighted by Gasteiger charge is -2.32. The predicted molar refractivity (Wildman–Crippen MR) is 154 cm³/mol. The van der Waals surface area contributed by atoms with E-state index in [0.29, 0.717) is 38.6 Å². The SMILES string of the molecule is O=C(CCCCC[C@@H]1NC(=O)C2CCCN2C(=O)[C@H](Cc2ccccc2)NC(=O)[C@H](Cc2ccccc2)NC1=O)NO. The van der Waals surface area contributed by atoms with E-state index in [4.69, 9.17) is 5.21 Å². The Morgan fingerprint density at radius 3 is 1.98 bits per heavy atom. The average Bonchev–Trinajstić information content (AvgIpc) is 3.50. The van der Waals surface area contributed by atoms with Gasteiger partial charge >= 0.3 is 0 Å². The molecule has 11 heteroatoms. The van der Waals surface area contributed by atoms with Gasteiger partial charge in [-0.2, -0.15) is 0 Å². The Kier molecular flexibility index (Phi) is 11.0. The Morgan fingerprint density at radius 2 is 1.33 bits per heavy atom. The van der Waals surface area contributed by atoms with E-state index in [1.54, 1.807) is 5.48 Å². The number of hydroxylamine groups is 1. The molecular weight excluding hydrogens is 538 g/mol. The molecule has 2 aliphatic heterocycles. The minimum Gasteiger partial charge on any atom is -0.343 e. The fourth-order valence-electron chi connectivity index (χ4n) is 5.56. The van der Waals surface area contributed by atoms with Gasteiger partial charge < -0.3 is 20.9 Å². The minimum atomic E-state index is -0.979. The first-order chi connectivity index (χ1) is 20.4. The van der Waals surface area contributed by atoms with Gasteiger partial charge in [-0.25, -0.2) is 5.48 Å². The summed E-state index contributed by atoms with van der Waals surface area (Å²) in [4.78, 5) is 67.5. The second-order valence-electron chi connectivity index (χ2n) is 10.9. The van der Waals surface area contributed by atoms with Crippen molar-refractivity contribution in [1.82, 2.24) is 26.3 Å². The van der Waals surface area contributed by atoms with E-state index in [0.717, 1.165) is 11.1 Å². The summed E-state index contributed by atoms with van der Waals surface area (Å²) >= 11 is 0. The van der Waals surface area contributed by atoms with Crippen molar-refractivity contribution >= 4 is 29.5 Å². The van der Waals surface area contributed by atoms with Crippen LogP contribution < -0.4 is 21.4 Å². The second kappa shape index (κ2) is 15.1. The van der Waals surface area contributed by atoms with Gasteiger partial charge in [-0.1, -0.05) is 73.5 Å². The van der Waals surface area contributed by atoms with E-state index in [1.165, 1.54) is 4.90 Å². The van der Waals surface area contributed by atoms with Gasteiger partial charge in [-0.15, -0.1) is 0 Å². The molecule has 4 atom stereocenters. The van der Waals surface area contributed by atoms with Gasteiger partial charge in [0.05, 0.1) is 0 Å². The summed E-state index contributed by atoms with van der Waals surface area (Å²) < 4.78 is 0. The number of benzene rings is 2. The third kappa shape index (κ3) is 8.39.